The van der Waals surface area contributed by atoms with Crippen molar-refractivity contribution in [3.8, 4) is 5.88 Å². The number of carbonyl (C=O) groups is 1. The molecule has 168 valence electrons. The maximum absolute atomic E-state index is 13.2. The molecule has 0 aliphatic heterocycles. The summed E-state index contributed by atoms with van der Waals surface area (Å²) >= 11 is 12.2. The second kappa shape index (κ2) is 10.0. The van der Waals surface area contributed by atoms with E-state index in [1.807, 2.05) is 0 Å². The van der Waals surface area contributed by atoms with Crippen molar-refractivity contribution in [1.29, 1.82) is 0 Å². The number of carbonyl (C=O) groups excluding carboxylic acids is 1. The SMILES string of the molecule is O=C(Nc1cc(Cl)ccc1Cl)c1cn(Cc2ccc(F)cc2)nc1OCc1ccc(F)cc1. The minimum absolute atomic E-state index is 0.0754. The molecule has 1 N–H and O–H groups in total. The Kier molecular flexibility index (Phi) is 6.91. The van der Waals surface area contributed by atoms with Gasteiger partial charge in [0.05, 0.1) is 17.3 Å². The zero-order chi connectivity index (χ0) is 23.4. The Labute approximate surface area is 198 Å². The molecule has 0 radical (unpaired) electrons. The number of nitrogens with zero attached hydrogens (tertiary/aromatic N) is 2. The Balaban J connectivity index is 1.59. The van der Waals surface area contributed by atoms with Gasteiger partial charge in [-0.05, 0) is 53.6 Å². The zero-order valence-electron chi connectivity index (χ0n) is 17.1. The number of hydrogen-bond acceptors (Lipinski definition) is 3. The fourth-order valence-corrected chi connectivity index (χ4v) is 3.38. The largest absolute Gasteiger partial charge is 0.471 e. The van der Waals surface area contributed by atoms with Crippen molar-refractivity contribution in [3.05, 3.63) is 111 Å². The maximum Gasteiger partial charge on any atom is 0.262 e. The Bertz CT molecular complexity index is 1280. The van der Waals surface area contributed by atoms with Crippen molar-refractivity contribution < 1.29 is 18.3 Å². The lowest BCUT2D eigenvalue weighted by Gasteiger charge is -2.08. The van der Waals surface area contributed by atoms with E-state index < -0.39 is 5.91 Å². The number of benzene rings is 3. The van der Waals surface area contributed by atoms with Gasteiger partial charge in [0.1, 0.15) is 23.8 Å². The van der Waals surface area contributed by atoms with Crippen LogP contribution in [0.1, 0.15) is 21.5 Å². The van der Waals surface area contributed by atoms with Crippen LogP contribution in [0.2, 0.25) is 10.0 Å². The summed E-state index contributed by atoms with van der Waals surface area (Å²) in [5, 5.41) is 7.81. The van der Waals surface area contributed by atoms with Crippen LogP contribution in [-0.4, -0.2) is 15.7 Å². The fraction of sp³-hybridized carbons (Fsp3) is 0.0833. The minimum atomic E-state index is -0.501. The second-order valence-corrected chi connectivity index (χ2v) is 8.01. The Morgan fingerprint density at radius 2 is 1.58 bits per heavy atom. The topological polar surface area (TPSA) is 56.2 Å². The summed E-state index contributed by atoms with van der Waals surface area (Å²) in [6, 6.07) is 16.5. The number of hydrogen-bond donors (Lipinski definition) is 1. The number of amides is 1. The van der Waals surface area contributed by atoms with Crippen LogP contribution in [0.5, 0.6) is 5.88 Å². The second-order valence-electron chi connectivity index (χ2n) is 7.17. The third-order valence-corrected chi connectivity index (χ3v) is 5.26. The molecule has 1 heterocycles. The zero-order valence-corrected chi connectivity index (χ0v) is 18.6. The number of anilines is 1. The van der Waals surface area contributed by atoms with Gasteiger partial charge in [-0.15, -0.1) is 5.10 Å². The van der Waals surface area contributed by atoms with Crippen molar-refractivity contribution in [1.82, 2.24) is 9.78 Å². The molecule has 0 saturated heterocycles. The van der Waals surface area contributed by atoms with E-state index in [1.54, 1.807) is 36.4 Å². The first kappa shape index (κ1) is 22.8. The van der Waals surface area contributed by atoms with E-state index in [0.29, 0.717) is 27.8 Å². The van der Waals surface area contributed by atoms with Crippen molar-refractivity contribution >= 4 is 34.8 Å². The van der Waals surface area contributed by atoms with Gasteiger partial charge in [0.15, 0.2) is 0 Å². The van der Waals surface area contributed by atoms with Crippen molar-refractivity contribution in [2.45, 2.75) is 13.2 Å². The lowest BCUT2D eigenvalue weighted by atomic mass is 10.2. The molecular formula is C24H17Cl2F2N3O2. The highest BCUT2D eigenvalue weighted by molar-refractivity contribution is 6.35. The van der Waals surface area contributed by atoms with E-state index in [4.69, 9.17) is 27.9 Å². The van der Waals surface area contributed by atoms with Crippen LogP contribution in [0, 0.1) is 11.6 Å². The van der Waals surface area contributed by atoms with E-state index >= 15 is 0 Å². The molecule has 3 aromatic carbocycles. The quantitative estimate of drug-likeness (QED) is 0.330. The summed E-state index contributed by atoms with van der Waals surface area (Å²) in [6.45, 7) is 0.366. The van der Waals surface area contributed by atoms with Crippen molar-refractivity contribution in [3.63, 3.8) is 0 Å². The Morgan fingerprint density at radius 1 is 0.939 bits per heavy atom. The predicted octanol–water partition coefficient (Wildman–Crippen LogP) is 6.35. The molecule has 5 nitrogen and oxygen atoms in total. The van der Waals surface area contributed by atoms with E-state index in [9.17, 15) is 13.6 Å². The fourth-order valence-electron chi connectivity index (χ4n) is 3.04. The summed E-state index contributed by atoms with van der Waals surface area (Å²) in [7, 11) is 0. The molecule has 33 heavy (non-hydrogen) atoms. The number of halogens is 4. The first-order valence-electron chi connectivity index (χ1n) is 9.83. The third kappa shape index (κ3) is 5.88. The molecule has 1 amide bonds. The van der Waals surface area contributed by atoms with Gasteiger partial charge in [-0.1, -0.05) is 47.5 Å². The maximum atomic E-state index is 13.2. The van der Waals surface area contributed by atoms with Crippen LogP contribution in [0.15, 0.2) is 72.9 Å². The number of rotatable bonds is 7. The Hall–Kier alpha value is -3.42. The first-order valence-corrected chi connectivity index (χ1v) is 10.6. The Morgan fingerprint density at radius 3 is 2.24 bits per heavy atom. The summed E-state index contributed by atoms with van der Waals surface area (Å²) in [5.41, 5.74) is 1.99. The number of ether oxygens (including phenoxy) is 1. The van der Waals surface area contributed by atoms with E-state index in [-0.39, 0.29) is 29.7 Å². The van der Waals surface area contributed by atoms with Gasteiger partial charge in [0.2, 0.25) is 5.88 Å². The number of nitrogens with one attached hydrogen (secondary N) is 1. The van der Waals surface area contributed by atoms with Crippen LogP contribution in [-0.2, 0) is 13.2 Å². The molecule has 4 aromatic rings. The van der Waals surface area contributed by atoms with Crippen molar-refractivity contribution in [2.75, 3.05) is 5.32 Å². The van der Waals surface area contributed by atoms with Crippen LogP contribution in [0.4, 0.5) is 14.5 Å². The van der Waals surface area contributed by atoms with Gasteiger partial charge < -0.3 is 10.1 Å². The predicted molar refractivity (Wildman–Crippen MR) is 123 cm³/mol. The first-order chi connectivity index (χ1) is 15.9. The van der Waals surface area contributed by atoms with Crippen LogP contribution in [0.25, 0.3) is 0 Å². The molecule has 0 saturated carbocycles. The lowest BCUT2D eigenvalue weighted by molar-refractivity contribution is 0.102. The van der Waals surface area contributed by atoms with Gasteiger partial charge >= 0.3 is 0 Å². The lowest BCUT2D eigenvalue weighted by Crippen LogP contribution is -2.13. The van der Waals surface area contributed by atoms with Gasteiger partial charge in [-0.25, -0.2) is 8.78 Å². The standard InChI is InChI=1S/C24H17Cl2F2N3O2/c25-17-5-10-21(26)22(11-17)29-23(32)20-13-31(12-15-1-6-18(27)7-2-15)30-24(20)33-14-16-3-8-19(28)9-4-16/h1-11,13H,12,14H2,(H,29,32). The molecule has 9 heteroatoms. The molecule has 0 atom stereocenters. The van der Waals surface area contributed by atoms with Crippen LogP contribution in [0.3, 0.4) is 0 Å². The summed E-state index contributed by atoms with van der Waals surface area (Å²) in [6.07, 6.45) is 1.52. The summed E-state index contributed by atoms with van der Waals surface area (Å²) in [5.74, 6) is -1.13. The average molecular weight is 488 g/mol. The molecule has 4 rings (SSSR count). The van der Waals surface area contributed by atoms with E-state index in [2.05, 4.69) is 10.4 Å². The van der Waals surface area contributed by atoms with Gasteiger partial charge in [-0.2, -0.15) is 0 Å². The third-order valence-electron chi connectivity index (χ3n) is 4.70. The number of aromatic nitrogens is 2. The van der Waals surface area contributed by atoms with Crippen LogP contribution < -0.4 is 10.1 Å². The van der Waals surface area contributed by atoms with Gasteiger partial charge in [0, 0.05) is 11.2 Å². The summed E-state index contributed by atoms with van der Waals surface area (Å²) in [4.78, 5) is 13.0. The molecule has 0 spiro atoms. The molecule has 0 unspecified atom stereocenters. The van der Waals surface area contributed by atoms with E-state index in [0.717, 1.165) is 5.56 Å². The molecule has 0 aliphatic rings. The highest BCUT2D eigenvalue weighted by Gasteiger charge is 2.20. The molecule has 1 aromatic heterocycles. The molecule has 0 fully saturated rings. The van der Waals surface area contributed by atoms with Gasteiger partial charge in [0.25, 0.3) is 5.91 Å². The molecular weight excluding hydrogens is 471 g/mol. The van der Waals surface area contributed by atoms with Crippen LogP contribution >= 0.6 is 23.2 Å². The summed E-state index contributed by atoms with van der Waals surface area (Å²) < 4.78 is 33.7. The van der Waals surface area contributed by atoms with E-state index in [1.165, 1.54) is 41.2 Å². The average Bonchev–Trinajstić information content (AvgIpc) is 3.20. The smallest absolute Gasteiger partial charge is 0.262 e. The molecule has 0 bridgehead atoms. The molecule has 0 aliphatic carbocycles. The monoisotopic (exact) mass is 487 g/mol. The highest BCUT2D eigenvalue weighted by atomic mass is 35.5. The minimum Gasteiger partial charge on any atom is -0.471 e. The highest BCUT2D eigenvalue weighted by Crippen LogP contribution is 2.27. The normalized spacial score (nSPS) is 10.8. The van der Waals surface area contributed by atoms with Gasteiger partial charge in [-0.3, -0.25) is 9.48 Å². The van der Waals surface area contributed by atoms with Crippen molar-refractivity contribution in [2.24, 2.45) is 0 Å².